The fourth-order valence-corrected chi connectivity index (χ4v) is 6.86. The van der Waals surface area contributed by atoms with E-state index >= 15 is 0 Å². The SMILES string of the molecule is C1=CC2C=c3ccccc3=C(N(C3=CCCC=C3)c3ccc(-c4cc5ccccc5c5ccccc45)cc3)C2C=C1. The van der Waals surface area contributed by atoms with Gasteiger partial charge in [-0.1, -0.05) is 127 Å². The highest BCUT2D eigenvalue weighted by Gasteiger charge is 2.30. The van der Waals surface area contributed by atoms with Gasteiger partial charge in [0, 0.05) is 34.1 Å². The second-order valence-electron chi connectivity index (χ2n) is 11.2. The first kappa shape index (κ1) is 24.0. The molecule has 3 aliphatic rings. The fourth-order valence-electron chi connectivity index (χ4n) is 6.86. The zero-order valence-electron chi connectivity index (χ0n) is 22.9. The van der Waals surface area contributed by atoms with Crippen molar-refractivity contribution in [3.8, 4) is 11.1 Å². The van der Waals surface area contributed by atoms with Gasteiger partial charge in [-0.05, 0) is 75.0 Å². The molecule has 0 amide bonds. The lowest BCUT2D eigenvalue weighted by atomic mass is 9.80. The lowest BCUT2D eigenvalue weighted by molar-refractivity contribution is 0.687. The van der Waals surface area contributed by atoms with Gasteiger partial charge in [-0.25, -0.2) is 0 Å². The van der Waals surface area contributed by atoms with Gasteiger partial charge in [-0.2, -0.15) is 0 Å². The van der Waals surface area contributed by atoms with Crippen molar-refractivity contribution in [2.45, 2.75) is 12.8 Å². The van der Waals surface area contributed by atoms with E-state index in [1.165, 1.54) is 60.2 Å². The minimum atomic E-state index is 0.287. The summed E-state index contributed by atoms with van der Waals surface area (Å²) in [6, 6.07) is 38.0. The van der Waals surface area contributed by atoms with Crippen molar-refractivity contribution >= 4 is 39.0 Å². The van der Waals surface area contributed by atoms with Gasteiger partial charge in [0.2, 0.25) is 0 Å². The van der Waals surface area contributed by atoms with Crippen LogP contribution in [0.2, 0.25) is 0 Å². The van der Waals surface area contributed by atoms with Gasteiger partial charge in [0.25, 0.3) is 0 Å². The molecule has 0 saturated heterocycles. The Morgan fingerprint density at radius 3 is 2.27 bits per heavy atom. The van der Waals surface area contributed by atoms with Gasteiger partial charge in [-0.3, -0.25) is 0 Å². The number of rotatable bonds is 4. The molecule has 0 saturated carbocycles. The zero-order chi connectivity index (χ0) is 27.2. The molecule has 1 heteroatoms. The average Bonchev–Trinajstić information content (AvgIpc) is 3.05. The largest absolute Gasteiger partial charge is 0.313 e. The van der Waals surface area contributed by atoms with E-state index in [9.17, 15) is 0 Å². The van der Waals surface area contributed by atoms with E-state index in [1.807, 2.05) is 0 Å². The molecule has 41 heavy (non-hydrogen) atoms. The van der Waals surface area contributed by atoms with Crippen LogP contribution in [0.15, 0.2) is 151 Å². The van der Waals surface area contributed by atoms with Crippen LogP contribution in [-0.4, -0.2) is 0 Å². The van der Waals surface area contributed by atoms with Crippen molar-refractivity contribution in [1.82, 2.24) is 0 Å². The van der Waals surface area contributed by atoms with Crippen molar-refractivity contribution in [1.29, 1.82) is 0 Å². The van der Waals surface area contributed by atoms with Gasteiger partial charge in [0.05, 0.1) is 0 Å². The summed E-state index contributed by atoms with van der Waals surface area (Å²) in [6.45, 7) is 0. The molecule has 0 aliphatic heterocycles. The molecule has 0 radical (unpaired) electrons. The van der Waals surface area contributed by atoms with Crippen LogP contribution in [0.5, 0.6) is 0 Å². The molecule has 0 spiro atoms. The van der Waals surface area contributed by atoms with E-state index in [0.717, 1.165) is 12.8 Å². The summed E-state index contributed by atoms with van der Waals surface area (Å²) in [5.41, 5.74) is 6.33. The topological polar surface area (TPSA) is 3.24 Å². The van der Waals surface area contributed by atoms with Crippen LogP contribution in [-0.2, 0) is 0 Å². The van der Waals surface area contributed by atoms with Gasteiger partial charge < -0.3 is 4.90 Å². The van der Waals surface area contributed by atoms with Crippen LogP contribution < -0.4 is 15.3 Å². The van der Waals surface area contributed by atoms with E-state index in [2.05, 4.69) is 157 Å². The summed E-state index contributed by atoms with van der Waals surface area (Å²) in [5.74, 6) is 0.638. The second kappa shape index (κ2) is 9.94. The maximum atomic E-state index is 2.52. The summed E-state index contributed by atoms with van der Waals surface area (Å²) in [5, 5.41) is 7.81. The van der Waals surface area contributed by atoms with E-state index in [1.54, 1.807) is 0 Å². The van der Waals surface area contributed by atoms with Crippen LogP contribution in [0.4, 0.5) is 5.69 Å². The Morgan fingerprint density at radius 1 is 0.659 bits per heavy atom. The first-order valence-electron chi connectivity index (χ1n) is 14.7. The predicted octanol–water partition coefficient (Wildman–Crippen LogP) is 8.66. The first-order chi connectivity index (χ1) is 20.3. The highest BCUT2D eigenvalue weighted by atomic mass is 15.2. The highest BCUT2D eigenvalue weighted by molar-refractivity contribution is 6.13. The van der Waals surface area contributed by atoms with Crippen molar-refractivity contribution in [2.24, 2.45) is 11.8 Å². The minimum absolute atomic E-state index is 0.287. The lowest BCUT2D eigenvalue weighted by Crippen LogP contribution is -2.42. The Kier molecular flexibility index (Phi) is 5.81. The molecule has 0 fully saturated rings. The standard InChI is InChI=1S/C40H31N/c1-2-15-32(16-3-1)41(40-35-18-8-5-12-29(35)26-30-13-6-9-19-36(30)40)33-24-22-28(23-25-33)39-27-31-14-4-7-17-34(31)37-20-10-11-21-38(37)39/h2,4-27,29,35H,1,3H2. The molecule has 5 aromatic rings. The second-order valence-corrected chi connectivity index (χ2v) is 11.2. The highest BCUT2D eigenvalue weighted by Crippen LogP contribution is 2.40. The maximum Gasteiger partial charge on any atom is 0.0459 e. The Labute approximate surface area is 241 Å². The third-order valence-electron chi connectivity index (χ3n) is 8.78. The predicted molar refractivity (Wildman–Crippen MR) is 175 cm³/mol. The number of benzene rings is 5. The third-order valence-corrected chi connectivity index (χ3v) is 8.78. The van der Waals surface area contributed by atoms with Gasteiger partial charge in [0.15, 0.2) is 0 Å². The summed E-state index contributed by atoms with van der Waals surface area (Å²) < 4.78 is 0. The fraction of sp³-hybridized carbons (Fsp3) is 0.100. The Hall–Kier alpha value is -4.88. The lowest BCUT2D eigenvalue weighted by Gasteiger charge is -2.37. The molecule has 1 nitrogen and oxygen atoms in total. The smallest absolute Gasteiger partial charge is 0.0459 e. The molecular formula is C40H31N. The van der Waals surface area contributed by atoms with E-state index in [-0.39, 0.29) is 5.92 Å². The molecule has 0 aromatic heterocycles. The monoisotopic (exact) mass is 525 g/mol. The number of fused-ring (bicyclic) bond motifs is 5. The van der Waals surface area contributed by atoms with Gasteiger partial charge in [0.1, 0.15) is 0 Å². The minimum Gasteiger partial charge on any atom is -0.313 e. The van der Waals surface area contributed by atoms with Crippen molar-refractivity contribution in [3.05, 3.63) is 162 Å². The Balaban J connectivity index is 1.31. The van der Waals surface area contributed by atoms with E-state index < -0.39 is 0 Å². The first-order valence-corrected chi connectivity index (χ1v) is 14.7. The summed E-state index contributed by atoms with van der Waals surface area (Å²) in [7, 11) is 0. The van der Waals surface area contributed by atoms with Crippen LogP contribution in [0.1, 0.15) is 12.8 Å². The third kappa shape index (κ3) is 4.08. The molecule has 196 valence electrons. The number of hydrogen-bond donors (Lipinski definition) is 0. The van der Waals surface area contributed by atoms with Crippen molar-refractivity contribution < 1.29 is 0 Å². The number of nitrogens with zero attached hydrogens (tertiary/aromatic N) is 1. The van der Waals surface area contributed by atoms with Crippen LogP contribution >= 0.6 is 0 Å². The van der Waals surface area contributed by atoms with Crippen molar-refractivity contribution in [2.75, 3.05) is 4.90 Å². The van der Waals surface area contributed by atoms with Crippen LogP contribution in [0.3, 0.4) is 0 Å². The quantitative estimate of drug-likeness (QED) is 0.212. The summed E-state index contributed by atoms with van der Waals surface area (Å²) >= 11 is 0. The number of allylic oxidation sites excluding steroid dienone is 6. The normalized spacial score (nSPS) is 19.0. The molecule has 2 atom stereocenters. The Morgan fingerprint density at radius 2 is 1.41 bits per heavy atom. The summed E-state index contributed by atoms with van der Waals surface area (Å²) in [6.07, 6.45) is 20.7. The molecular weight excluding hydrogens is 494 g/mol. The van der Waals surface area contributed by atoms with E-state index in [0.29, 0.717) is 5.92 Å². The molecule has 0 bridgehead atoms. The molecule has 0 N–H and O–H groups in total. The van der Waals surface area contributed by atoms with Crippen LogP contribution in [0.25, 0.3) is 44.4 Å². The Bertz CT molecular complexity index is 2050. The average molecular weight is 526 g/mol. The zero-order valence-corrected chi connectivity index (χ0v) is 22.9. The van der Waals surface area contributed by atoms with Crippen LogP contribution in [0, 0.1) is 11.8 Å². The maximum absolute atomic E-state index is 2.52. The number of hydrogen-bond acceptors (Lipinski definition) is 1. The van der Waals surface area contributed by atoms with Crippen molar-refractivity contribution in [3.63, 3.8) is 0 Å². The molecule has 0 heterocycles. The molecule has 2 unspecified atom stereocenters. The number of anilines is 1. The molecule has 5 aromatic carbocycles. The molecule has 3 aliphatic carbocycles. The molecule has 8 rings (SSSR count). The van der Waals surface area contributed by atoms with E-state index in [4.69, 9.17) is 0 Å². The summed E-state index contributed by atoms with van der Waals surface area (Å²) in [4.78, 5) is 2.52. The van der Waals surface area contributed by atoms with Gasteiger partial charge >= 0.3 is 0 Å². The van der Waals surface area contributed by atoms with Gasteiger partial charge in [-0.15, -0.1) is 0 Å².